The maximum atomic E-state index is 13.7. The summed E-state index contributed by atoms with van der Waals surface area (Å²) >= 11 is 0. The van der Waals surface area contributed by atoms with Gasteiger partial charge >= 0.3 is 5.97 Å². The molecule has 1 saturated carbocycles. The van der Waals surface area contributed by atoms with E-state index in [1.165, 1.54) is 12.1 Å². The number of amides is 1. The van der Waals surface area contributed by atoms with Crippen molar-refractivity contribution in [3.05, 3.63) is 29.6 Å². The van der Waals surface area contributed by atoms with Crippen LogP contribution >= 0.6 is 0 Å². The van der Waals surface area contributed by atoms with Gasteiger partial charge in [-0.1, -0.05) is 25.3 Å². The molecule has 0 aliphatic heterocycles. The molecule has 1 amide bonds. The summed E-state index contributed by atoms with van der Waals surface area (Å²) < 4.78 is 13.7. The molecule has 0 saturated heterocycles. The molecule has 114 valence electrons. The van der Waals surface area contributed by atoms with Gasteiger partial charge in [0, 0.05) is 12.2 Å². The van der Waals surface area contributed by atoms with Crippen LogP contribution in [0.2, 0.25) is 0 Å². The average molecular weight is 294 g/mol. The topological polar surface area (TPSA) is 92.4 Å². The molecule has 1 aromatic carbocycles. The molecule has 1 aromatic rings. The number of carbonyl (C=O) groups is 2. The monoisotopic (exact) mass is 294 g/mol. The third kappa shape index (κ3) is 3.15. The van der Waals surface area contributed by atoms with Crippen LogP contribution in [0.1, 0.15) is 42.5 Å². The van der Waals surface area contributed by atoms with E-state index in [1.807, 2.05) is 0 Å². The summed E-state index contributed by atoms with van der Waals surface area (Å²) in [6.45, 7) is 0.159. The molecule has 0 spiro atoms. The average Bonchev–Trinajstić information content (AvgIpc) is 2.45. The van der Waals surface area contributed by atoms with Crippen LogP contribution in [0.5, 0.6) is 0 Å². The second kappa shape index (κ2) is 6.11. The number of carboxylic acid groups (broad SMARTS) is 1. The molecule has 0 unspecified atom stereocenters. The number of hydrogen-bond acceptors (Lipinski definition) is 3. The van der Waals surface area contributed by atoms with E-state index in [2.05, 4.69) is 5.32 Å². The molecule has 0 radical (unpaired) electrons. The molecule has 1 aliphatic rings. The summed E-state index contributed by atoms with van der Waals surface area (Å²) in [7, 11) is 0. The Morgan fingerprint density at radius 2 is 1.95 bits per heavy atom. The molecule has 2 rings (SSSR count). The van der Waals surface area contributed by atoms with Gasteiger partial charge in [0.05, 0.1) is 11.0 Å². The number of benzene rings is 1. The van der Waals surface area contributed by atoms with Crippen LogP contribution in [0.3, 0.4) is 0 Å². The van der Waals surface area contributed by atoms with E-state index in [0.717, 1.165) is 25.3 Å². The summed E-state index contributed by atoms with van der Waals surface area (Å²) in [6.07, 6.45) is 3.91. The van der Waals surface area contributed by atoms with Gasteiger partial charge in [0.15, 0.2) is 0 Å². The Morgan fingerprint density at radius 1 is 1.29 bits per heavy atom. The SMILES string of the molecule is NC(=O)c1c(F)cccc1NCC1(C(=O)O)CCCCC1. The Kier molecular flexibility index (Phi) is 4.45. The molecule has 0 aromatic heterocycles. The first-order valence-corrected chi connectivity index (χ1v) is 7.02. The molecule has 0 atom stereocenters. The van der Waals surface area contributed by atoms with E-state index in [1.54, 1.807) is 0 Å². The first kappa shape index (κ1) is 15.3. The fourth-order valence-corrected chi connectivity index (χ4v) is 2.88. The van der Waals surface area contributed by atoms with Crippen LogP contribution in [0.25, 0.3) is 0 Å². The minimum atomic E-state index is -0.872. The van der Waals surface area contributed by atoms with E-state index >= 15 is 0 Å². The molecule has 1 aliphatic carbocycles. The van der Waals surface area contributed by atoms with E-state index in [4.69, 9.17) is 5.73 Å². The van der Waals surface area contributed by atoms with Gasteiger partial charge in [-0.25, -0.2) is 4.39 Å². The first-order chi connectivity index (χ1) is 9.96. The Hall–Kier alpha value is -2.11. The minimum absolute atomic E-state index is 0.159. The van der Waals surface area contributed by atoms with E-state index in [-0.39, 0.29) is 17.8 Å². The number of carboxylic acids is 1. The number of carbonyl (C=O) groups excluding carboxylic acids is 1. The Morgan fingerprint density at radius 3 is 2.52 bits per heavy atom. The van der Waals surface area contributed by atoms with E-state index in [9.17, 15) is 19.1 Å². The van der Waals surface area contributed by atoms with Crippen molar-refractivity contribution in [2.24, 2.45) is 11.1 Å². The van der Waals surface area contributed by atoms with Gasteiger partial charge in [0.1, 0.15) is 5.82 Å². The highest BCUT2D eigenvalue weighted by molar-refractivity contribution is 5.98. The second-order valence-corrected chi connectivity index (χ2v) is 5.53. The lowest BCUT2D eigenvalue weighted by Crippen LogP contribution is -2.40. The summed E-state index contributed by atoms with van der Waals surface area (Å²) in [5.74, 6) is -2.43. The van der Waals surface area contributed by atoms with Crippen molar-refractivity contribution in [2.75, 3.05) is 11.9 Å². The highest BCUT2D eigenvalue weighted by Gasteiger charge is 2.39. The zero-order valence-corrected chi connectivity index (χ0v) is 11.7. The van der Waals surface area contributed by atoms with Crippen molar-refractivity contribution >= 4 is 17.6 Å². The molecule has 5 nitrogen and oxygen atoms in total. The molecule has 1 fully saturated rings. The number of primary amides is 1. The standard InChI is InChI=1S/C15H19FN2O3/c16-10-5-4-6-11(12(10)13(17)19)18-9-15(14(20)21)7-2-1-3-8-15/h4-6,18H,1-3,7-9H2,(H2,17,19)(H,20,21). The van der Waals surface area contributed by atoms with Crippen LogP contribution in [0, 0.1) is 11.2 Å². The van der Waals surface area contributed by atoms with Gasteiger partial charge in [0.2, 0.25) is 0 Å². The number of nitrogens with two attached hydrogens (primary N) is 1. The maximum absolute atomic E-state index is 13.7. The van der Waals surface area contributed by atoms with Gasteiger partial charge in [-0.15, -0.1) is 0 Å². The summed E-state index contributed by atoms with van der Waals surface area (Å²) in [6, 6.07) is 4.14. The molecular formula is C15H19FN2O3. The zero-order chi connectivity index (χ0) is 15.5. The highest BCUT2D eigenvalue weighted by atomic mass is 19.1. The summed E-state index contributed by atoms with van der Waals surface area (Å²) in [5.41, 5.74) is 4.34. The lowest BCUT2D eigenvalue weighted by molar-refractivity contribution is -0.150. The van der Waals surface area contributed by atoms with Crippen LogP contribution in [0.4, 0.5) is 10.1 Å². The second-order valence-electron chi connectivity index (χ2n) is 5.53. The predicted molar refractivity (Wildman–Crippen MR) is 76.6 cm³/mol. The van der Waals surface area contributed by atoms with Crippen LogP contribution in [-0.4, -0.2) is 23.5 Å². The minimum Gasteiger partial charge on any atom is -0.481 e. The third-order valence-corrected chi connectivity index (χ3v) is 4.14. The molecule has 6 heteroatoms. The smallest absolute Gasteiger partial charge is 0.311 e. The highest BCUT2D eigenvalue weighted by Crippen LogP contribution is 2.37. The van der Waals surface area contributed by atoms with Crippen molar-refractivity contribution in [1.29, 1.82) is 0 Å². The number of halogens is 1. The third-order valence-electron chi connectivity index (χ3n) is 4.14. The Labute approximate surface area is 122 Å². The summed E-state index contributed by atoms with van der Waals surface area (Å²) in [5, 5.41) is 12.4. The van der Waals surface area contributed by atoms with Crippen molar-refractivity contribution in [2.45, 2.75) is 32.1 Å². The van der Waals surface area contributed by atoms with E-state index < -0.39 is 23.1 Å². The maximum Gasteiger partial charge on any atom is 0.311 e. The zero-order valence-electron chi connectivity index (χ0n) is 11.7. The van der Waals surface area contributed by atoms with Gasteiger partial charge in [0.25, 0.3) is 5.91 Å². The van der Waals surface area contributed by atoms with Crippen molar-refractivity contribution in [3.63, 3.8) is 0 Å². The summed E-state index contributed by atoms with van der Waals surface area (Å²) in [4.78, 5) is 22.9. The number of aliphatic carboxylic acids is 1. The Balaban J connectivity index is 2.20. The van der Waals surface area contributed by atoms with Crippen molar-refractivity contribution in [1.82, 2.24) is 0 Å². The van der Waals surface area contributed by atoms with Gasteiger partial charge in [-0.2, -0.15) is 0 Å². The number of hydrogen-bond donors (Lipinski definition) is 3. The van der Waals surface area contributed by atoms with Gasteiger partial charge in [-0.3, -0.25) is 9.59 Å². The number of anilines is 1. The lowest BCUT2D eigenvalue weighted by Gasteiger charge is -2.33. The quantitative estimate of drug-likeness (QED) is 0.777. The Bertz CT molecular complexity index is 554. The van der Waals surface area contributed by atoms with Crippen LogP contribution in [-0.2, 0) is 4.79 Å². The van der Waals surface area contributed by atoms with Gasteiger partial charge in [-0.05, 0) is 25.0 Å². The molecule has 21 heavy (non-hydrogen) atoms. The lowest BCUT2D eigenvalue weighted by atomic mass is 9.74. The van der Waals surface area contributed by atoms with E-state index in [0.29, 0.717) is 12.8 Å². The normalized spacial score (nSPS) is 17.2. The van der Waals surface area contributed by atoms with Crippen molar-refractivity contribution in [3.8, 4) is 0 Å². The number of nitrogens with one attached hydrogen (secondary N) is 1. The fraction of sp³-hybridized carbons (Fsp3) is 0.467. The molecule has 4 N–H and O–H groups in total. The first-order valence-electron chi connectivity index (χ1n) is 7.02. The predicted octanol–water partition coefficient (Wildman–Crippen LogP) is 2.37. The fourth-order valence-electron chi connectivity index (χ4n) is 2.88. The number of rotatable bonds is 5. The molecule has 0 heterocycles. The van der Waals surface area contributed by atoms with Crippen LogP contribution < -0.4 is 11.1 Å². The molecular weight excluding hydrogens is 275 g/mol. The molecule has 0 bridgehead atoms. The van der Waals surface area contributed by atoms with Gasteiger partial charge < -0.3 is 16.2 Å². The van der Waals surface area contributed by atoms with Crippen molar-refractivity contribution < 1.29 is 19.1 Å². The van der Waals surface area contributed by atoms with Crippen LogP contribution in [0.15, 0.2) is 18.2 Å². The largest absolute Gasteiger partial charge is 0.481 e.